The Morgan fingerprint density at radius 2 is 1.64 bits per heavy atom. The average Bonchev–Trinajstić information content (AvgIpc) is 2.45. The molecule has 0 saturated carbocycles. The number of carbonyl (C=O) groups is 2. The summed E-state index contributed by atoms with van der Waals surface area (Å²) in [5.41, 5.74) is -0.642. The zero-order valence-electron chi connectivity index (χ0n) is 15.1. The van der Waals surface area contributed by atoms with E-state index < -0.39 is 23.8 Å². The lowest BCUT2D eigenvalue weighted by atomic mass is 10.1. The molecule has 0 radical (unpaired) electrons. The Morgan fingerprint density at radius 1 is 1.08 bits per heavy atom. The second kappa shape index (κ2) is 8.36. The molecule has 4 nitrogen and oxygen atoms in total. The van der Waals surface area contributed by atoms with E-state index in [4.69, 9.17) is 4.74 Å². The summed E-state index contributed by atoms with van der Waals surface area (Å²) >= 11 is 0. The maximum atomic E-state index is 12.7. The number of ether oxygens (including phenoxy) is 1. The van der Waals surface area contributed by atoms with Gasteiger partial charge >= 0.3 is 12.1 Å². The van der Waals surface area contributed by atoms with E-state index in [1.54, 1.807) is 4.90 Å². The zero-order valence-corrected chi connectivity index (χ0v) is 15.1. The number of alkyl halides is 3. The van der Waals surface area contributed by atoms with Gasteiger partial charge in [0.25, 0.3) is 5.91 Å². The van der Waals surface area contributed by atoms with Gasteiger partial charge in [-0.25, -0.2) is 0 Å². The minimum atomic E-state index is -4.47. The molecular formula is C18H24F3NO3. The van der Waals surface area contributed by atoms with Crippen LogP contribution in [0.2, 0.25) is 0 Å². The number of benzene rings is 1. The quantitative estimate of drug-likeness (QED) is 0.726. The lowest BCUT2D eigenvalue weighted by molar-refractivity contribution is -0.160. The van der Waals surface area contributed by atoms with Crippen molar-refractivity contribution < 1.29 is 27.5 Å². The lowest BCUT2D eigenvalue weighted by Gasteiger charge is -2.32. The molecule has 1 amide bonds. The molecule has 0 N–H and O–H groups in total. The SMILES string of the molecule is CC(C)N(C(=O)[C@@H](C)OC(=O)Cc1cccc(C(F)(F)F)c1)C(C)C. The minimum absolute atomic E-state index is 0.0582. The Labute approximate surface area is 146 Å². The van der Waals surface area contributed by atoms with E-state index in [0.717, 1.165) is 12.1 Å². The molecule has 0 aromatic heterocycles. The third-order valence-electron chi connectivity index (χ3n) is 3.63. The summed E-state index contributed by atoms with van der Waals surface area (Å²) in [6, 6.07) is 4.37. The summed E-state index contributed by atoms with van der Waals surface area (Å²) in [7, 11) is 0. The largest absolute Gasteiger partial charge is 0.452 e. The highest BCUT2D eigenvalue weighted by Crippen LogP contribution is 2.29. The summed E-state index contributed by atoms with van der Waals surface area (Å²) in [6.07, 6.45) is -5.80. The second-order valence-corrected chi connectivity index (χ2v) is 6.44. The summed E-state index contributed by atoms with van der Waals surface area (Å²) in [6.45, 7) is 8.89. The molecule has 0 unspecified atom stereocenters. The van der Waals surface area contributed by atoms with Gasteiger partial charge in [0, 0.05) is 12.1 Å². The summed E-state index contributed by atoms with van der Waals surface area (Å²) in [5, 5.41) is 0. The van der Waals surface area contributed by atoms with Gasteiger partial charge in [-0.15, -0.1) is 0 Å². The van der Waals surface area contributed by atoms with E-state index >= 15 is 0 Å². The Balaban J connectivity index is 2.75. The molecule has 140 valence electrons. The Hall–Kier alpha value is -2.05. The molecule has 25 heavy (non-hydrogen) atoms. The van der Waals surface area contributed by atoms with Crippen LogP contribution in [0.25, 0.3) is 0 Å². The van der Waals surface area contributed by atoms with Crippen molar-refractivity contribution in [3.8, 4) is 0 Å². The maximum Gasteiger partial charge on any atom is 0.416 e. The van der Waals surface area contributed by atoms with E-state index in [1.807, 2.05) is 27.7 Å². The molecule has 0 bridgehead atoms. The van der Waals surface area contributed by atoms with E-state index in [0.29, 0.717) is 0 Å². The standard InChI is InChI=1S/C18H24F3NO3/c1-11(2)22(12(3)4)17(24)13(5)25-16(23)10-14-7-6-8-15(9-14)18(19,20)21/h6-9,11-13H,10H2,1-5H3/t13-/m1/s1. The molecule has 1 rings (SSSR count). The molecule has 0 aliphatic rings. The molecule has 0 saturated heterocycles. The van der Waals surface area contributed by atoms with Crippen molar-refractivity contribution in [1.29, 1.82) is 0 Å². The molecule has 0 aliphatic carbocycles. The van der Waals surface area contributed by atoms with E-state index in [1.165, 1.54) is 19.1 Å². The number of hydrogen-bond acceptors (Lipinski definition) is 3. The van der Waals surface area contributed by atoms with Crippen LogP contribution in [0.4, 0.5) is 13.2 Å². The average molecular weight is 359 g/mol. The first kappa shape index (κ1) is 21.0. The highest BCUT2D eigenvalue weighted by Gasteiger charge is 2.31. The lowest BCUT2D eigenvalue weighted by Crippen LogP contribution is -2.47. The number of esters is 1. The second-order valence-electron chi connectivity index (χ2n) is 6.44. The normalized spacial score (nSPS) is 13.0. The molecule has 1 atom stereocenters. The summed E-state index contributed by atoms with van der Waals surface area (Å²) < 4.78 is 43.2. The van der Waals surface area contributed by atoms with Gasteiger partial charge in [-0.2, -0.15) is 13.2 Å². The van der Waals surface area contributed by atoms with Crippen LogP contribution in [-0.2, 0) is 26.9 Å². The highest BCUT2D eigenvalue weighted by molar-refractivity contribution is 5.84. The third-order valence-corrected chi connectivity index (χ3v) is 3.63. The fourth-order valence-corrected chi connectivity index (χ4v) is 2.63. The van der Waals surface area contributed by atoms with Gasteiger partial charge in [-0.3, -0.25) is 9.59 Å². The topological polar surface area (TPSA) is 46.6 Å². The predicted molar refractivity (Wildman–Crippen MR) is 87.8 cm³/mol. The van der Waals surface area contributed by atoms with E-state index in [9.17, 15) is 22.8 Å². The van der Waals surface area contributed by atoms with Crippen LogP contribution >= 0.6 is 0 Å². The van der Waals surface area contributed by atoms with Gasteiger partial charge in [0.1, 0.15) is 0 Å². The monoisotopic (exact) mass is 359 g/mol. The first-order valence-corrected chi connectivity index (χ1v) is 8.11. The van der Waals surface area contributed by atoms with Gasteiger partial charge in [0.05, 0.1) is 12.0 Å². The van der Waals surface area contributed by atoms with Crippen molar-refractivity contribution in [3.05, 3.63) is 35.4 Å². The summed E-state index contributed by atoms with van der Waals surface area (Å²) in [5.74, 6) is -1.07. The fourth-order valence-electron chi connectivity index (χ4n) is 2.63. The third kappa shape index (κ3) is 6.07. The van der Waals surface area contributed by atoms with Crippen LogP contribution in [0.15, 0.2) is 24.3 Å². The molecule has 7 heteroatoms. The van der Waals surface area contributed by atoms with Crippen molar-refractivity contribution in [2.45, 2.75) is 65.4 Å². The van der Waals surface area contributed by atoms with Gasteiger partial charge in [-0.1, -0.05) is 18.2 Å². The summed E-state index contributed by atoms with van der Waals surface area (Å²) in [4.78, 5) is 26.0. The predicted octanol–water partition coefficient (Wildman–Crippen LogP) is 3.83. The van der Waals surface area contributed by atoms with Crippen molar-refractivity contribution >= 4 is 11.9 Å². The maximum absolute atomic E-state index is 12.7. The Kier molecular flexibility index (Phi) is 7.02. The van der Waals surface area contributed by atoms with Crippen LogP contribution in [0.5, 0.6) is 0 Å². The molecule has 1 aromatic carbocycles. The molecule has 0 aliphatic heterocycles. The molecule has 0 spiro atoms. The first-order valence-electron chi connectivity index (χ1n) is 8.11. The smallest absolute Gasteiger partial charge is 0.416 e. The van der Waals surface area contributed by atoms with Crippen LogP contribution < -0.4 is 0 Å². The van der Waals surface area contributed by atoms with Crippen LogP contribution in [0.1, 0.15) is 45.7 Å². The van der Waals surface area contributed by atoms with Crippen molar-refractivity contribution in [2.75, 3.05) is 0 Å². The van der Waals surface area contributed by atoms with Crippen LogP contribution in [-0.4, -0.2) is 35.0 Å². The fraction of sp³-hybridized carbons (Fsp3) is 0.556. The number of nitrogens with zero attached hydrogens (tertiary/aromatic N) is 1. The van der Waals surface area contributed by atoms with Gasteiger partial charge in [0.2, 0.25) is 0 Å². The molecule has 1 aromatic rings. The minimum Gasteiger partial charge on any atom is -0.452 e. The zero-order chi connectivity index (χ0) is 19.4. The number of amides is 1. The van der Waals surface area contributed by atoms with Gasteiger partial charge in [-0.05, 0) is 46.2 Å². The Morgan fingerprint density at radius 3 is 2.12 bits per heavy atom. The van der Waals surface area contributed by atoms with Gasteiger partial charge < -0.3 is 9.64 Å². The van der Waals surface area contributed by atoms with E-state index in [-0.39, 0.29) is 30.0 Å². The van der Waals surface area contributed by atoms with E-state index in [2.05, 4.69) is 0 Å². The number of rotatable bonds is 6. The molecule has 0 heterocycles. The number of carbonyl (C=O) groups excluding carboxylic acids is 2. The molecule has 0 fully saturated rings. The van der Waals surface area contributed by atoms with Crippen LogP contribution in [0.3, 0.4) is 0 Å². The highest BCUT2D eigenvalue weighted by atomic mass is 19.4. The van der Waals surface area contributed by atoms with Crippen molar-refractivity contribution in [2.24, 2.45) is 0 Å². The Bertz CT molecular complexity index is 604. The van der Waals surface area contributed by atoms with Crippen molar-refractivity contribution in [3.63, 3.8) is 0 Å². The van der Waals surface area contributed by atoms with Crippen LogP contribution in [0, 0.1) is 0 Å². The molecular weight excluding hydrogens is 335 g/mol. The number of halogens is 3. The first-order chi connectivity index (χ1) is 11.4. The number of hydrogen-bond donors (Lipinski definition) is 0. The van der Waals surface area contributed by atoms with Gasteiger partial charge in [0.15, 0.2) is 6.10 Å². The van der Waals surface area contributed by atoms with Crippen molar-refractivity contribution in [1.82, 2.24) is 4.90 Å².